The molecule has 1 atom stereocenters. The molecule has 0 N–H and O–H groups in total. The van der Waals surface area contributed by atoms with E-state index >= 15 is 0 Å². The van der Waals surface area contributed by atoms with Gasteiger partial charge in [0.15, 0.2) is 0 Å². The van der Waals surface area contributed by atoms with E-state index in [9.17, 15) is 0 Å². The summed E-state index contributed by atoms with van der Waals surface area (Å²) in [4.78, 5) is 0. The molecule has 0 radical (unpaired) electrons. The molecule has 0 aliphatic carbocycles. The minimum Gasteiger partial charge on any atom is -0.399 e. The van der Waals surface area contributed by atoms with Crippen molar-refractivity contribution < 1.29 is 9.31 Å². The van der Waals surface area contributed by atoms with E-state index in [1.54, 1.807) is 0 Å². The molecule has 1 fully saturated rings. The van der Waals surface area contributed by atoms with Crippen molar-refractivity contribution >= 4 is 12.6 Å². The number of hydrogen-bond donors (Lipinski definition) is 0. The molecular formula is C14H25BN2O2. The van der Waals surface area contributed by atoms with Gasteiger partial charge in [-0.25, -0.2) is 0 Å². The van der Waals surface area contributed by atoms with E-state index in [-0.39, 0.29) is 18.3 Å². The highest BCUT2D eigenvalue weighted by Gasteiger charge is 2.52. The maximum absolute atomic E-state index is 6.03. The Hall–Kier alpha value is -0.805. The summed E-state index contributed by atoms with van der Waals surface area (Å²) < 4.78 is 14.1. The number of rotatable bonds is 4. The van der Waals surface area contributed by atoms with Gasteiger partial charge in [0.2, 0.25) is 0 Å². The topological polar surface area (TPSA) is 36.3 Å². The van der Waals surface area contributed by atoms with E-state index in [2.05, 4.69) is 46.6 Å². The minimum absolute atomic E-state index is 0.297. The SMILES string of the molecule is CCC[C@@H](C)n1cc(B2OC(C)(C)C(C)(C)O2)cn1. The molecule has 1 aliphatic heterocycles. The van der Waals surface area contributed by atoms with Crippen LogP contribution in [0.3, 0.4) is 0 Å². The summed E-state index contributed by atoms with van der Waals surface area (Å²) >= 11 is 0. The zero-order valence-corrected chi connectivity index (χ0v) is 12.9. The first-order valence-corrected chi connectivity index (χ1v) is 7.16. The van der Waals surface area contributed by atoms with Crippen molar-refractivity contribution in [2.45, 2.75) is 71.6 Å². The van der Waals surface area contributed by atoms with Gasteiger partial charge in [-0.1, -0.05) is 13.3 Å². The fourth-order valence-electron chi connectivity index (χ4n) is 2.24. The van der Waals surface area contributed by atoms with Crippen LogP contribution < -0.4 is 5.46 Å². The van der Waals surface area contributed by atoms with Gasteiger partial charge in [0.05, 0.1) is 11.2 Å². The largest absolute Gasteiger partial charge is 0.498 e. The summed E-state index contributed by atoms with van der Waals surface area (Å²) in [6.07, 6.45) is 6.19. The summed E-state index contributed by atoms with van der Waals surface area (Å²) in [5.74, 6) is 0. The van der Waals surface area contributed by atoms with E-state index in [0.29, 0.717) is 6.04 Å². The van der Waals surface area contributed by atoms with Crippen molar-refractivity contribution in [3.05, 3.63) is 12.4 Å². The van der Waals surface area contributed by atoms with Crippen LogP contribution in [0.1, 0.15) is 60.4 Å². The smallest absolute Gasteiger partial charge is 0.399 e. The Morgan fingerprint density at radius 3 is 2.37 bits per heavy atom. The van der Waals surface area contributed by atoms with Crippen molar-refractivity contribution in [1.82, 2.24) is 9.78 Å². The third-order valence-electron chi connectivity index (χ3n) is 4.30. The molecule has 106 valence electrons. The van der Waals surface area contributed by atoms with E-state index in [0.717, 1.165) is 18.3 Å². The molecule has 1 aromatic rings. The number of hydrogen-bond acceptors (Lipinski definition) is 3. The highest BCUT2D eigenvalue weighted by Crippen LogP contribution is 2.36. The van der Waals surface area contributed by atoms with Gasteiger partial charge < -0.3 is 9.31 Å². The van der Waals surface area contributed by atoms with Crippen LogP contribution in [0.15, 0.2) is 12.4 Å². The van der Waals surface area contributed by atoms with Crippen LogP contribution in [0.4, 0.5) is 0 Å². The first-order chi connectivity index (χ1) is 8.77. The Morgan fingerprint density at radius 1 is 1.26 bits per heavy atom. The molecular weight excluding hydrogens is 239 g/mol. The third kappa shape index (κ3) is 2.72. The molecule has 0 aromatic carbocycles. The summed E-state index contributed by atoms with van der Waals surface area (Å²) in [6, 6.07) is 0.418. The summed E-state index contributed by atoms with van der Waals surface area (Å²) in [5.41, 5.74) is 0.408. The second-order valence-electron chi connectivity index (χ2n) is 6.48. The maximum Gasteiger partial charge on any atom is 0.498 e. The van der Waals surface area contributed by atoms with Crippen LogP contribution in [0.5, 0.6) is 0 Å². The molecule has 0 spiro atoms. The Bertz CT molecular complexity index is 426. The van der Waals surface area contributed by atoms with Gasteiger partial charge >= 0.3 is 7.12 Å². The van der Waals surface area contributed by atoms with E-state index in [4.69, 9.17) is 9.31 Å². The molecule has 19 heavy (non-hydrogen) atoms. The number of aromatic nitrogens is 2. The Morgan fingerprint density at radius 2 is 1.84 bits per heavy atom. The molecule has 0 unspecified atom stereocenters. The Balaban J connectivity index is 2.13. The maximum atomic E-state index is 6.03. The molecule has 2 heterocycles. The molecule has 1 aromatic heterocycles. The fraction of sp³-hybridized carbons (Fsp3) is 0.786. The average molecular weight is 264 g/mol. The minimum atomic E-state index is -0.312. The first-order valence-electron chi connectivity index (χ1n) is 7.16. The van der Waals surface area contributed by atoms with Crippen LogP contribution in [0.25, 0.3) is 0 Å². The molecule has 4 nitrogen and oxygen atoms in total. The van der Waals surface area contributed by atoms with E-state index in [1.807, 2.05) is 17.1 Å². The second kappa shape index (κ2) is 4.95. The van der Waals surface area contributed by atoms with Gasteiger partial charge in [0, 0.05) is 23.9 Å². The van der Waals surface area contributed by atoms with Gasteiger partial charge in [0.1, 0.15) is 0 Å². The highest BCUT2D eigenvalue weighted by atomic mass is 16.7. The lowest BCUT2D eigenvalue weighted by Gasteiger charge is -2.32. The monoisotopic (exact) mass is 264 g/mol. The lowest BCUT2D eigenvalue weighted by Crippen LogP contribution is -2.41. The standard InChI is InChI=1S/C14H25BN2O2/c1-7-8-11(2)17-10-12(9-16-17)15-18-13(3,4)14(5,6)19-15/h9-11H,7-8H2,1-6H3/t11-/m1/s1. The molecule has 5 heteroatoms. The second-order valence-corrected chi connectivity index (χ2v) is 6.48. The Kier molecular flexibility index (Phi) is 3.80. The normalized spacial score (nSPS) is 22.7. The molecule has 2 rings (SSSR count). The lowest BCUT2D eigenvalue weighted by atomic mass is 9.82. The van der Waals surface area contributed by atoms with E-state index in [1.165, 1.54) is 0 Å². The molecule has 1 aliphatic rings. The van der Waals surface area contributed by atoms with Gasteiger partial charge in [-0.15, -0.1) is 0 Å². The molecule has 0 amide bonds. The zero-order valence-electron chi connectivity index (χ0n) is 12.9. The summed E-state index contributed by atoms with van der Waals surface area (Å²) in [5, 5.41) is 4.43. The van der Waals surface area contributed by atoms with Crippen molar-refractivity contribution in [1.29, 1.82) is 0 Å². The lowest BCUT2D eigenvalue weighted by molar-refractivity contribution is 0.00578. The van der Waals surface area contributed by atoms with Crippen molar-refractivity contribution in [2.75, 3.05) is 0 Å². The first kappa shape index (κ1) is 14.6. The summed E-state index contributed by atoms with van der Waals surface area (Å²) in [7, 11) is -0.312. The van der Waals surface area contributed by atoms with Crippen LogP contribution >= 0.6 is 0 Å². The van der Waals surface area contributed by atoms with Gasteiger partial charge in [0.25, 0.3) is 0 Å². The van der Waals surface area contributed by atoms with Gasteiger partial charge in [-0.3, -0.25) is 4.68 Å². The number of nitrogens with zero attached hydrogens (tertiary/aromatic N) is 2. The third-order valence-corrected chi connectivity index (χ3v) is 4.30. The summed E-state index contributed by atoms with van der Waals surface area (Å²) in [6.45, 7) is 12.6. The van der Waals surface area contributed by atoms with Crippen molar-refractivity contribution in [2.24, 2.45) is 0 Å². The molecule has 0 bridgehead atoms. The van der Waals surface area contributed by atoms with Gasteiger partial charge in [-0.05, 0) is 41.0 Å². The van der Waals surface area contributed by atoms with Crippen molar-refractivity contribution in [3.63, 3.8) is 0 Å². The molecule has 0 saturated carbocycles. The van der Waals surface area contributed by atoms with Crippen molar-refractivity contribution in [3.8, 4) is 0 Å². The highest BCUT2D eigenvalue weighted by molar-refractivity contribution is 6.61. The quantitative estimate of drug-likeness (QED) is 0.784. The predicted molar refractivity (Wildman–Crippen MR) is 77.6 cm³/mol. The van der Waals surface area contributed by atoms with Crippen LogP contribution in [-0.2, 0) is 9.31 Å². The van der Waals surface area contributed by atoms with E-state index < -0.39 is 0 Å². The van der Waals surface area contributed by atoms with Gasteiger partial charge in [-0.2, -0.15) is 5.10 Å². The predicted octanol–water partition coefficient (Wildman–Crippen LogP) is 2.54. The fourth-order valence-corrected chi connectivity index (χ4v) is 2.24. The van der Waals surface area contributed by atoms with Crippen LogP contribution in [0, 0.1) is 0 Å². The average Bonchev–Trinajstić information content (AvgIpc) is 2.83. The van der Waals surface area contributed by atoms with Crippen LogP contribution in [0.2, 0.25) is 0 Å². The van der Waals surface area contributed by atoms with Crippen LogP contribution in [-0.4, -0.2) is 28.1 Å². The Labute approximate surface area is 116 Å². The zero-order chi connectivity index (χ0) is 14.3. The molecule has 1 saturated heterocycles.